The maximum Gasteiger partial charge on any atom is 0.207 e. The van der Waals surface area contributed by atoms with Crippen LogP contribution in [0.4, 0.5) is 0 Å². The number of carbonyl (C=O) groups excluding carboxylic acids is 1. The number of nitrogens with zero attached hydrogens (tertiary/aromatic N) is 1. The van der Waals surface area contributed by atoms with Crippen molar-refractivity contribution in [2.45, 2.75) is 51.5 Å². The summed E-state index contributed by atoms with van der Waals surface area (Å²) in [6.45, 7) is 5.94. The van der Waals surface area contributed by atoms with E-state index in [1.807, 2.05) is 13.8 Å². The number of aliphatic carboxylic acids is 1. The van der Waals surface area contributed by atoms with Crippen LogP contribution >= 0.6 is 19.1 Å². The van der Waals surface area contributed by atoms with Crippen LogP contribution < -0.4 is 5.11 Å². The Bertz CT molecular complexity index is 693. The van der Waals surface area contributed by atoms with E-state index in [9.17, 15) is 19.6 Å². The molecule has 158 valence electrons. The predicted molar refractivity (Wildman–Crippen MR) is 112 cm³/mol. The fourth-order valence-corrected chi connectivity index (χ4v) is 6.37. The molecule has 0 bridgehead atoms. The molecule has 0 aliphatic carbocycles. The number of unbranched alkanes of at least 4 members (excludes halogenated alkanes) is 3. The van der Waals surface area contributed by atoms with E-state index < -0.39 is 13.3 Å². The number of carbonyl (C=O) groups is 1. The van der Waals surface area contributed by atoms with Crippen LogP contribution in [0.5, 0.6) is 5.75 Å². The van der Waals surface area contributed by atoms with Crippen LogP contribution in [0.25, 0.3) is 0 Å². The molecule has 1 unspecified atom stereocenters. The number of carboxylic acids is 1. The molecule has 0 aliphatic rings. The highest BCUT2D eigenvalue weighted by Gasteiger charge is 2.25. The van der Waals surface area contributed by atoms with Crippen molar-refractivity contribution in [2.75, 3.05) is 24.7 Å². The highest BCUT2D eigenvalue weighted by molar-refractivity contribution is 7.99. The molecule has 8 heteroatoms. The van der Waals surface area contributed by atoms with Gasteiger partial charge in [0.1, 0.15) is 10.8 Å². The summed E-state index contributed by atoms with van der Waals surface area (Å²) in [6, 6.07) is 3.30. The molecule has 1 aromatic rings. The normalized spacial score (nSPS) is 14.2. The van der Waals surface area contributed by atoms with E-state index in [0.717, 1.165) is 25.0 Å². The van der Waals surface area contributed by atoms with Crippen molar-refractivity contribution < 1.29 is 24.1 Å². The molecule has 1 N–H and O–H groups in total. The molecule has 0 saturated heterocycles. The minimum absolute atomic E-state index is 0.0733. The third-order valence-corrected chi connectivity index (χ3v) is 7.83. The van der Waals surface area contributed by atoms with E-state index in [4.69, 9.17) is 4.52 Å². The minimum Gasteiger partial charge on any atom is -0.545 e. The Hall–Kier alpha value is -1.30. The molecule has 0 radical (unpaired) electrons. The maximum atomic E-state index is 12.9. The van der Waals surface area contributed by atoms with Gasteiger partial charge in [-0.2, -0.15) is 0 Å². The third kappa shape index (κ3) is 9.76. The Labute approximate surface area is 172 Å². The lowest BCUT2D eigenvalue weighted by atomic mass is 10.1. The number of carboxylic acid groups (broad SMARTS) is 1. The number of allylic oxidation sites excluding steroid dienone is 1. The number of thioether (sulfide) groups is 1. The lowest BCUT2D eigenvalue weighted by Gasteiger charge is -2.21. The first-order valence-electron chi connectivity index (χ1n) is 9.67. The Balaban J connectivity index is 2.44. The molecule has 0 aromatic carbocycles. The van der Waals surface area contributed by atoms with Crippen molar-refractivity contribution in [1.29, 1.82) is 0 Å². The summed E-state index contributed by atoms with van der Waals surface area (Å²) >= 11 is 1.50. The van der Waals surface area contributed by atoms with Crippen LogP contribution in [0, 0.1) is 5.92 Å². The van der Waals surface area contributed by atoms with E-state index in [1.54, 1.807) is 31.3 Å². The first kappa shape index (κ1) is 24.7. The summed E-state index contributed by atoms with van der Waals surface area (Å²) < 4.78 is 18.3. The number of rotatable bonds is 14. The quantitative estimate of drug-likeness (QED) is 0.206. The van der Waals surface area contributed by atoms with Gasteiger partial charge in [0.15, 0.2) is 0 Å². The van der Waals surface area contributed by atoms with Crippen LogP contribution in [0.1, 0.15) is 46.5 Å². The smallest absolute Gasteiger partial charge is 0.207 e. The monoisotopic (exact) mass is 428 g/mol. The molecule has 0 spiro atoms. The summed E-state index contributed by atoms with van der Waals surface area (Å²) in [5.74, 6) is -0.0919. The molecule has 1 heterocycles. The first-order valence-corrected chi connectivity index (χ1v) is 12.6. The molecule has 28 heavy (non-hydrogen) atoms. The molecule has 1 rings (SSSR count). The predicted octanol–water partition coefficient (Wildman–Crippen LogP) is 4.09. The number of aromatic hydroxyl groups is 1. The van der Waals surface area contributed by atoms with Crippen molar-refractivity contribution in [1.82, 2.24) is 4.98 Å². The lowest BCUT2D eigenvalue weighted by molar-refractivity contribution is -0.299. The second-order valence-electron chi connectivity index (χ2n) is 7.01. The van der Waals surface area contributed by atoms with Gasteiger partial charge in [-0.05, 0) is 55.6 Å². The van der Waals surface area contributed by atoms with Crippen molar-refractivity contribution in [3.05, 3.63) is 30.0 Å². The molecule has 0 saturated carbocycles. The molecule has 0 amide bonds. The van der Waals surface area contributed by atoms with Crippen LogP contribution in [0.3, 0.4) is 0 Å². The zero-order valence-electron chi connectivity index (χ0n) is 16.9. The molecule has 1 aromatic heterocycles. The van der Waals surface area contributed by atoms with Gasteiger partial charge in [-0.15, -0.1) is 11.8 Å². The minimum atomic E-state index is -3.01. The van der Waals surface area contributed by atoms with Gasteiger partial charge in [-0.1, -0.05) is 26.3 Å². The largest absolute Gasteiger partial charge is 0.545 e. The topological polar surface area (TPSA) is 99.6 Å². The standard InChI is InChI=1S/C20H32NO5PS/c1-4-26-27(25,14-16(2)3)15-17(20(23)24)10-7-5-6-8-13-28-19-18(22)11-9-12-21-19/h9-12,16,22H,4-8,13-15H2,1-3H3,(H,23,24)/p-1/b17-10+. The molecule has 0 aliphatic heterocycles. The number of aromatic nitrogens is 1. The Morgan fingerprint density at radius 3 is 2.75 bits per heavy atom. The van der Waals surface area contributed by atoms with Crippen LogP contribution in [-0.2, 0) is 13.9 Å². The van der Waals surface area contributed by atoms with Crippen LogP contribution in [-0.4, -0.2) is 40.7 Å². The van der Waals surface area contributed by atoms with Gasteiger partial charge in [0.25, 0.3) is 0 Å². The molecular formula is C20H31NO5PS-. The lowest BCUT2D eigenvalue weighted by Crippen LogP contribution is -2.27. The number of hydrogen-bond donors (Lipinski definition) is 1. The number of hydrogen-bond acceptors (Lipinski definition) is 7. The van der Waals surface area contributed by atoms with Crippen molar-refractivity contribution in [3.63, 3.8) is 0 Å². The summed E-state index contributed by atoms with van der Waals surface area (Å²) in [6.07, 6.45) is 6.84. The highest BCUT2D eigenvalue weighted by Crippen LogP contribution is 2.49. The summed E-state index contributed by atoms with van der Waals surface area (Å²) in [4.78, 5) is 15.5. The number of pyridine rings is 1. The van der Waals surface area contributed by atoms with E-state index in [2.05, 4.69) is 4.98 Å². The fraction of sp³-hybridized carbons (Fsp3) is 0.600. The fourth-order valence-electron chi connectivity index (χ4n) is 2.79. The molecule has 1 atom stereocenters. The van der Waals surface area contributed by atoms with Crippen LogP contribution in [0.15, 0.2) is 35.0 Å². The third-order valence-electron chi connectivity index (χ3n) is 3.91. The second kappa shape index (κ2) is 13.0. The average molecular weight is 429 g/mol. The van der Waals surface area contributed by atoms with Gasteiger partial charge in [0.2, 0.25) is 7.37 Å². The van der Waals surface area contributed by atoms with Crippen LogP contribution in [0.2, 0.25) is 0 Å². The van der Waals surface area contributed by atoms with Gasteiger partial charge in [-0.25, -0.2) is 4.98 Å². The molecule has 6 nitrogen and oxygen atoms in total. The maximum absolute atomic E-state index is 12.9. The zero-order chi connectivity index (χ0) is 21.0. The van der Waals surface area contributed by atoms with E-state index in [0.29, 0.717) is 24.2 Å². The Kier molecular flexibility index (Phi) is 11.5. The summed E-state index contributed by atoms with van der Waals surface area (Å²) in [5.41, 5.74) is 0.0743. The summed E-state index contributed by atoms with van der Waals surface area (Å²) in [5, 5.41) is 21.7. The van der Waals surface area contributed by atoms with E-state index >= 15 is 0 Å². The first-order chi connectivity index (χ1) is 13.3. The van der Waals surface area contributed by atoms with Gasteiger partial charge in [-0.3, -0.25) is 4.57 Å². The highest BCUT2D eigenvalue weighted by atomic mass is 32.2. The van der Waals surface area contributed by atoms with Crippen molar-refractivity contribution >= 4 is 25.1 Å². The van der Waals surface area contributed by atoms with E-state index in [1.165, 1.54) is 11.8 Å². The molecular weight excluding hydrogens is 397 g/mol. The van der Waals surface area contributed by atoms with Crippen molar-refractivity contribution in [3.8, 4) is 5.75 Å². The van der Waals surface area contributed by atoms with Crippen molar-refractivity contribution in [2.24, 2.45) is 5.92 Å². The molecule has 0 fully saturated rings. The van der Waals surface area contributed by atoms with Gasteiger partial charge in [0, 0.05) is 12.4 Å². The van der Waals surface area contributed by atoms with Gasteiger partial charge in [0.05, 0.1) is 18.7 Å². The van der Waals surface area contributed by atoms with Gasteiger partial charge >= 0.3 is 0 Å². The Morgan fingerprint density at radius 1 is 1.39 bits per heavy atom. The Morgan fingerprint density at radius 2 is 2.14 bits per heavy atom. The second-order valence-corrected chi connectivity index (χ2v) is 10.7. The zero-order valence-corrected chi connectivity index (χ0v) is 18.6. The summed E-state index contributed by atoms with van der Waals surface area (Å²) in [7, 11) is -3.01. The van der Waals surface area contributed by atoms with Gasteiger partial charge < -0.3 is 19.5 Å². The average Bonchev–Trinajstić information content (AvgIpc) is 2.60. The van der Waals surface area contributed by atoms with E-state index in [-0.39, 0.29) is 23.4 Å². The SMILES string of the molecule is CCOP(=O)(C/C(=C\CCCCCSc1ncccc1O)C(=O)[O-])CC(C)C.